The summed E-state index contributed by atoms with van der Waals surface area (Å²) >= 11 is 3.15. The van der Waals surface area contributed by atoms with Crippen molar-refractivity contribution in [2.24, 2.45) is 0 Å². The molecule has 0 aromatic heterocycles. The molecule has 3 N–H and O–H groups in total. The van der Waals surface area contributed by atoms with Gasteiger partial charge in [-0.15, -0.1) is 0 Å². The van der Waals surface area contributed by atoms with Crippen LogP contribution in [0, 0.1) is 17.5 Å². The fraction of sp³-hybridized carbons (Fsp3) is 0. The summed E-state index contributed by atoms with van der Waals surface area (Å²) in [4.78, 5) is 11.8. The Morgan fingerprint density at radius 3 is 2.25 bits per heavy atom. The van der Waals surface area contributed by atoms with Crippen LogP contribution >= 0.6 is 15.9 Å². The van der Waals surface area contributed by atoms with Crippen LogP contribution in [0.1, 0.15) is 10.4 Å². The summed E-state index contributed by atoms with van der Waals surface area (Å²) in [5, 5.41) is 2.31. The van der Waals surface area contributed by atoms with Crippen LogP contribution in [-0.2, 0) is 0 Å². The molecular formula is C13H8BrF3N2O. The highest BCUT2D eigenvalue weighted by Crippen LogP contribution is 2.26. The second kappa shape index (κ2) is 5.54. The molecule has 7 heteroatoms. The van der Waals surface area contributed by atoms with Crippen molar-refractivity contribution >= 4 is 33.2 Å². The number of rotatable bonds is 2. The maximum Gasteiger partial charge on any atom is 0.261 e. The minimum atomic E-state index is -1.27. The predicted octanol–water partition coefficient (Wildman–Crippen LogP) is 3.70. The van der Waals surface area contributed by atoms with Crippen LogP contribution in [0.3, 0.4) is 0 Å². The number of halogens is 4. The topological polar surface area (TPSA) is 55.1 Å². The van der Waals surface area contributed by atoms with Gasteiger partial charge in [-0.1, -0.05) is 0 Å². The number of amides is 1. The van der Waals surface area contributed by atoms with E-state index in [9.17, 15) is 18.0 Å². The Morgan fingerprint density at radius 1 is 1.10 bits per heavy atom. The van der Waals surface area contributed by atoms with Gasteiger partial charge in [0.2, 0.25) is 0 Å². The summed E-state index contributed by atoms with van der Waals surface area (Å²) in [5.74, 6) is -4.66. The Bertz CT molecular complexity index is 668. The maximum absolute atomic E-state index is 13.5. The summed E-state index contributed by atoms with van der Waals surface area (Å²) in [6, 6.07) is 5.38. The second-order valence-electron chi connectivity index (χ2n) is 3.94. The van der Waals surface area contributed by atoms with Crippen LogP contribution < -0.4 is 11.1 Å². The third-order valence-corrected chi connectivity index (χ3v) is 3.13. The first-order valence-electron chi connectivity index (χ1n) is 5.39. The molecule has 0 unspecified atom stereocenters. The lowest BCUT2D eigenvalue weighted by Crippen LogP contribution is -2.16. The van der Waals surface area contributed by atoms with E-state index in [0.717, 1.165) is 0 Å². The molecule has 2 aromatic carbocycles. The molecule has 0 bridgehead atoms. The van der Waals surface area contributed by atoms with Gasteiger partial charge in [0.15, 0.2) is 0 Å². The van der Waals surface area contributed by atoms with Crippen molar-refractivity contribution in [3.63, 3.8) is 0 Å². The lowest BCUT2D eigenvalue weighted by Gasteiger charge is -2.09. The van der Waals surface area contributed by atoms with Gasteiger partial charge in [-0.2, -0.15) is 0 Å². The van der Waals surface area contributed by atoms with Crippen molar-refractivity contribution in [1.29, 1.82) is 0 Å². The van der Waals surface area contributed by atoms with Crippen LogP contribution in [0.5, 0.6) is 0 Å². The number of carbonyl (C=O) groups excluding carboxylic acids is 1. The zero-order chi connectivity index (χ0) is 14.9. The average Bonchev–Trinajstić information content (AvgIpc) is 2.31. The molecule has 2 rings (SSSR count). The van der Waals surface area contributed by atoms with E-state index < -0.39 is 28.9 Å². The molecule has 2 aromatic rings. The molecule has 0 aliphatic rings. The highest BCUT2D eigenvalue weighted by Gasteiger charge is 2.19. The molecule has 0 aliphatic carbocycles. The molecule has 0 saturated carbocycles. The SMILES string of the molecule is Nc1ccc(NC(=O)c2c(F)cc(F)cc2F)c(Br)c1. The smallest absolute Gasteiger partial charge is 0.261 e. The molecule has 104 valence electrons. The first kappa shape index (κ1) is 14.4. The number of carbonyl (C=O) groups is 1. The Kier molecular flexibility index (Phi) is 3.99. The summed E-state index contributed by atoms with van der Waals surface area (Å²) < 4.78 is 40.1. The quantitative estimate of drug-likeness (QED) is 0.816. The van der Waals surface area contributed by atoms with E-state index in [2.05, 4.69) is 21.2 Å². The molecule has 3 nitrogen and oxygen atoms in total. The predicted molar refractivity (Wildman–Crippen MR) is 72.8 cm³/mol. The highest BCUT2D eigenvalue weighted by atomic mass is 79.9. The largest absolute Gasteiger partial charge is 0.399 e. The van der Waals surface area contributed by atoms with Gasteiger partial charge in [-0.05, 0) is 34.1 Å². The first-order chi connectivity index (χ1) is 9.38. The van der Waals surface area contributed by atoms with Crippen molar-refractivity contribution in [2.45, 2.75) is 0 Å². The average molecular weight is 345 g/mol. The van der Waals surface area contributed by atoms with Gasteiger partial charge in [0.05, 0.1) is 5.69 Å². The van der Waals surface area contributed by atoms with Crippen molar-refractivity contribution < 1.29 is 18.0 Å². The number of nitrogens with one attached hydrogen (secondary N) is 1. The summed E-state index contributed by atoms with van der Waals surface area (Å²) in [6.07, 6.45) is 0. The van der Waals surface area contributed by atoms with Gasteiger partial charge in [-0.3, -0.25) is 4.79 Å². The van der Waals surface area contributed by atoms with Gasteiger partial charge in [0, 0.05) is 22.3 Å². The van der Waals surface area contributed by atoms with Gasteiger partial charge in [-0.25, -0.2) is 13.2 Å². The van der Waals surface area contributed by atoms with E-state index in [1.54, 1.807) is 0 Å². The van der Waals surface area contributed by atoms with E-state index in [-0.39, 0.29) is 5.69 Å². The molecule has 1 amide bonds. The normalized spacial score (nSPS) is 10.4. The lowest BCUT2D eigenvalue weighted by molar-refractivity contribution is 0.101. The molecule has 0 spiro atoms. The fourth-order valence-corrected chi connectivity index (χ4v) is 2.07. The Labute approximate surface area is 120 Å². The molecule has 0 fully saturated rings. The lowest BCUT2D eigenvalue weighted by atomic mass is 10.1. The van der Waals surface area contributed by atoms with E-state index in [1.807, 2.05) is 0 Å². The van der Waals surface area contributed by atoms with Crippen LogP contribution in [0.15, 0.2) is 34.8 Å². The van der Waals surface area contributed by atoms with Gasteiger partial charge >= 0.3 is 0 Å². The molecule has 0 saturated heterocycles. The third kappa shape index (κ3) is 2.93. The van der Waals surface area contributed by atoms with Gasteiger partial charge in [0.25, 0.3) is 5.91 Å². The van der Waals surface area contributed by atoms with E-state index in [0.29, 0.717) is 22.3 Å². The number of hydrogen-bond acceptors (Lipinski definition) is 2. The summed E-state index contributed by atoms with van der Waals surface area (Å²) in [6.45, 7) is 0. The highest BCUT2D eigenvalue weighted by molar-refractivity contribution is 9.10. The van der Waals surface area contributed by atoms with Crippen LogP contribution in [-0.4, -0.2) is 5.91 Å². The summed E-state index contributed by atoms with van der Waals surface area (Å²) in [7, 11) is 0. The van der Waals surface area contributed by atoms with E-state index in [4.69, 9.17) is 5.73 Å². The first-order valence-corrected chi connectivity index (χ1v) is 6.18. The molecule has 0 radical (unpaired) electrons. The zero-order valence-electron chi connectivity index (χ0n) is 9.88. The Morgan fingerprint density at radius 2 is 1.70 bits per heavy atom. The van der Waals surface area contributed by atoms with Crippen LogP contribution in [0.4, 0.5) is 24.5 Å². The second-order valence-corrected chi connectivity index (χ2v) is 4.79. The van der Waals surface area contributed by atoms with Crippen molar-refractivity contribution in [2.75, 3.05) is 11.1 Å². The summed E-state index contributed by atoms with van der Waals surface area (Å²) in [5.41, 5.74) is 5.42. The van der Waals surface area contributed by atoms with E-state index in [1.165, 1.54) is 18.2 Å². The molecule has 0 atom stereocenters. The molecule has 20 heavy (non-hydrogen) atoms. The number of hydrogen-bond donors (Lipinski definition) is 2. The third-order valence-electron chi connectivity index (χ3n) is 2.48. The Hall–Kier alpha value is -2.02. The van der Waals surface area contributed by atoms with Crippen LogP contribution in [0.2, 0.25) is 0 Å². The van der Waals surface area contributed by atoms with Gasteiger partial charge in [0.1, 0.15) is 23.0 Å². The molecule has 0 aliphatic heterocycles. The number of nitrogen functional groups attached to an aromatic ring is 1. The van der Waals surface area contributed by atoms with Crippen molar-refractivity contribution in [1.82, 2.24) is 0 Å². The fourth-order valence-electron chi connectivity index (χ4n) is 1.58. The number of nitrogens with two attached hydrogens (primary N) is 1. The maximum atomic E-state index is 13.5. The minimum Gasteiger partial charge on any atom is -0.399 e. The van der Waals surface area contributed by atoms with Crippen molar-refractivity contribution in [3.8, 4) is 0 Å². The molecular weight excluding hydrogens is 337 g/mol. The van der Waals surface area contributed by atoms with Gasteiger partial charge < -0.3 is 11.1 Å². The monoisotopic (exact) mass is 344 g/mol. The molecule has 0 heterocycles. The van der Waals surface area contributed by atoms with Crippen molar-refractivity contribution in [3.05, 3.63) is 57.8 Å². The van der Waals surface area contributed by atoms with Crippen LogP contribution in [0.25, 0.3) is 0 Å². The Balaban J connectivity index is 2.33. The number of anilines is 2. The van der Waals surface area contributed by atoms with E-state index >= 15 is 0 Å². The standard InChI is InChI=1S/C13H8BrF3N2O/c14-8-5-7(18)1-2-11(8)19-13(20)12-9(16)3-6(15)4-10(12)17/h1-5H,18H2,(H,19,20). The minimum absolute atomic E-state index is 0.285. The number of benzene rings is 2. The zero-order valence-corrected chi connectivity index (χ0v) is 11.5.